The topological polar surface area (TPSA) is 113 Å². The first-order valence-electron chi connectivity index (χ1n) is 8.34. The monoisotopic (exact) mass is 334 g/mol. The predicted molar refractivity (Wildman–Crippen MR) is 83.1 cm³/mol. The van der Waals surface area contributed by atoms with Crippen LogP contribution in [0.2, 0.25) is 0 Å². The number of carbonyl (C=O) groups excluding carboxylic acids is 2. The smallest absolute Gasteiger partial charge is 0.337 e. The molecule has 7 nitrogen and oxygen atoms in total. The van der Waals surface area contributed by atoms with E-state index in [0.717, 1.165) is 32.1 Å². The number of hydrogen-bond acceptors (Lipinski definition) is 7. The summed E-state index contributed by atoms with van der Waals surface area (Å²) in [6.07, 6.45) is 0.920. The second kappa shape index (κ2) is 13.3. The molecule has 0 aromatic carbocycles. The van der Waals surface area contributed by atoms with Crippen LogP contribution < -0.4 is 0 Å². The fraction of sp³-hybridized carbons (Fsp3) is 0.875. The maximum absolute atomic E-state index is 11.5. The van der Waals surface area contributed by atoms with E-state index in [9.17, 15) is 24.9 Å². The van der Waals surface area contributed by atoms with Crippen molar-refractivity contribution in [3.05, 3.63) is 0 Å². The number of aliphatic hydroxyl groups excluding tert-OH is 3. The maximum atomic E-state index is 11.5. The molecule has 7 heteroatoms. The van der Waals surface area contributed by atoms with E-state index in [0.29, 0.717) is 12.8 Å². The minimum atomic E-state index is -1.72. The summed E-state index contributed by atoms with van der Waals surface area (Å²) < 4.78 is 9.33. The molecule has 0 radical (unpaired) electrons. The highest BCUT2D eigenvalue weighted by Crippen LogP contribution is 2.09. The number of carbonyl (C=O) groups is 2. The molecule has 136 valence electrons. The molecule has 0 aliphatic carbocycles. The molecule has 0 aliphatic rings. The third kappa shape index (κ3) is 12.0. The van der Waals surface area contributed by atoms with Gasteiger partial charge in [0, 0.05) is 12.8 Å². The molecular formula is C16H30O7. The van der Waals surface area contributed by atoms with Crippen molar-refractivity contribution in [2.75, 3.05) is 0 Å². The van der Waals surface area contributed by atoms with Crippen LogP contribution in [0.5, 0.6) is 0 Å². The van der Waals surface area contributed by atoms with Gasteiger partial charge in [-0.25, -0.2) is 4.79 Å². The van der Waals surface area contributed by atoms with Gasteiger partial charge in [0.25, 0.3) is 0 Å². The van der Waals surface area contributed by atoms with Gasteiger partial charge < -0.3 is 24.8 Å². The number of esters is 2. The normalized spacial score (nSPS) is 14.8. The lowest BCUT2D eigenvalue weighted by atomic mass is 10.2. The minimum Gasteiger partial charge on any atom is -0.436 e. The number of unbranched alkanes of at least 4 members (excludes halogenated alkanes) is 4. The molecule has 0 fully saturated rings. The molecule has 0 rings (SSSR count). The van der Waals surface area contributed by atoms with Crippen molar-refractivity contribution in [3.8, 4) is 0 Å². The summed E-state index contributed by atoms with van der Waals surface area (Å²) in [5.41, 5.74) is 0. The Bertz CT molecular complexity index is 332. The first-order chi connectivity index (χ1) is 10.9. The highest BCUT2D eigenvalue weighted by Gasteiger charge is 2.24. The SMILES string of the molecule is CCCCCC(O)OC(=O)CC(O)C(=O)OC(O)CCCCC. The zero-order chi connectivity index (χ0) is 17.7. The molecule has 0 amide bonds. The van der Waals surface area contributed by atoms with Gasteiger partial charge in [0.05, 0.1) is 6.42 Å². The molecule has 3 atom stereocenters. The summed E-state index contributed by atoms with van der Waals surface area (Å²) in [5, 5.41) is 28.5. The minimum absolute atomic E-state index is 0.285. The lowest BCUT2D eigenvalue weighted by Gasteiger charge is -2.16. The highest BCUT2D eigenvalue weighted by atomic mass is 16.6. The molecule has 23 heavy (non-hydrogen) atoms. The molecule has 0 saturated carbocycles. The Morgan fingerprint density at radius 1 is 0.826 bits per heavy atom. The van der Waals surface area contributed by atoms with Gasteiger partial charge >= 0.3 is 11.9 Å². The number of hydrogen-bond donors (Lipinski definition) is 3. The quantitative estimate of drug-likeness (QED) is 0.266. The summed E-state index contributed by atoms with van der Waals surface area (Å²) >= 11 is 0. The average molecular weight is 334 g/mol. The predicted octanol–water partition coefficient (Wildman–Crippen LogP) is 1.62. The van der Waals surface area contributed by atoms with E-state index < -0.39 is 37.0 Å². The van der Waals surface area contributed by atoms with Crippen LogP contribution in [-0.2, 0) is 19.1 Å². The molecule has 0 aliphatic heterocycles. The first-order valence-corrected chi connectivity index (χ1v) is 8.34. The lowest BCUT2D eigenvalue weighted by molar-refractivity contribution is -0.185. The van der Waals surface area contributed by atoms with Crippen LogP contribution in [0.25, 0.3) is 0 Å². The number of rotatable bonds is 13. The maximum Gasteiger partial charge on any atom is 0.337 e. The van der Waals surface area contributed by atoms with E-state index >= 15 is 0 Å². The van der Waals surface area contributed by atoms with Crippen LogP contribution in [0.15, 0.2) is 0 Å². The van der Waals surface area contributed by atoms with Crippen LogP contribution in [0, 0.1) is 0 Å². The van der Waals surface area contributed by atoms with Crippen LogP contribution in [0.1, 0.15) is 71.6 Å². The Kier molecular flexibility index (Phi) is 12.6. The van der Waals surface area contributed by atoms with Gasteiger partial charge in [0.2, 0.25) is 12.6 Å². The Labute approximate surface area is 137 Å². The van der Waals surface area contributed by atoms with Crippen molar-refractivity contribution in [1.29, 1.82) is 0 Å². The second-order valence-electron chi connectivity index (χ2n) is 5.55. The van der Waals surface area contributed by atoms with Gasteiger partial charge in [-0.05, 0) is 12.8 Å². The summed E-state index contributed by atoms with van der Waals surface area (Å²) in [5.74, 6) is -1.97. The standard InChI is InChI=1S/C16H30O7/c1-3-5-7-9-13(18)22-15(20)11-12(17)16(21)23-14(19)10-8-6-4-2/h12-14,17-19H,3-11H2,1-2H3. The summed E-state index contributed by atoms with van der Waals surface area (Å²) in [6.45, 7) is 4.02. The lowest BCUT2D eigenvalue weighted by Crippen LogP contribution is -2.31. The van der Waals surface area contributed by atoms with E-state index in [-0.39, 0.29) is 6.42 Å². The van der Waals surface area contributed by atoms with Crippen molar-refractivity contribution < 1.29 is 34.4 Å². The van der Waals surface area contributed by atoms with Crippen molar-refractivity contribution in [2.45, 2.75) is 90.3 Å². The van der Waals surface area contributed by atoms with Crippen molar-refractivity contribution in [1.82, 2.24) is 0 Å². The average Bonchev–Trinajstić information content (AvgIpc) is 2.47. The molecule has 0 spiro atoms. The third-order valence-electron chi connectivity index (χ3n) is 3.26. The summed E-state index contributed by atoms with van der Waals surface area (Å²) in [7, 11) is 0. The van der Waals surface area contributed by atoms with Gasteiger partial charge in [0.1, 0.15) is 0 Å². The van der Waals surface area contributed by atoms with Gasteiger partial charge in [0.15, 0.2) is 6.10 Å². The Hall–Kier alpha value is -1.18. The van der Waals surface area contributed by atoms with Crippen LogP contribution >= 0.6 is 0 Å². The molecule has 0 bridgehead atoms. The van der Waals surface area contributed by atoms with E-state index in [2.05, 4.69) is 9.47 Å². The second-order valence-corrected chi connectivity index (χ2v) is 5.55. The molecule has 0 aromatic rings. The largest absolute Gasteiger partial charge is 0.436 e. The van der Waals surface area contributed by atoms with E-state index in [4.69, 9.17) is 0 Å². The Morgan fingerprint density at radius 3 is 1.78 bits per heavy atom. The summed E-state index contributed by atoms with van der Waals surface area (Å²) in [4.78, 5) is 23.0. The van der Waals surface area contributed by atoms with Crippen LogP contribution in [-0.4, -0.2) is 45.9 Å². The first kappa shape index (κ1) is 21.8. The number of aliphatic hydroxyl groups is 3. The molecule has 3 unspecified atom stereocenters. The van der Waals surface area contributed by atoms with Gasteiger partial charge in [-0.15, -0.1) is 0 Å². The fourth-order valence-corrected chi connectivity index (χ4v) is 1.91. The highest BCUT2D eigenvalue weighted by molar-refractivity contribution is 5.81. The molecule has 0 saturated heterocycles. The van der Waals surface area contributed by atoms with Gasteiger partial charge in [-0.2, -0.15) is 0 Å². The molecule has 0 heterocycles. The Morgan fingerprint density at radius 2 is 1.30 bits per heavy atom. The van der Waals surface area contributed by atoms with E-state index in [1.165, 1.54) is 0 Å². The van der Waals surface area contributed by atoms with Gasteiger partial charge in [-0.3, -0.25) is 4.79 Å². The zero-order valence-corrected chi connectivity index (χ0v) is 14.1. The molecular weight excluding hydrogens is 304 g/mol. The molecule has 3 N–H and O–H groups in total. The Balaban J connectivity index is 3.98. The van der Waals surface area contributed by atoms with E-state index in [1.807, 2.05) is 13.8 Å². The van der Waals surface area contributed by atoms with Crippen LogP contribution in [0.3, 0.4) is 0 Å². The molecule has 0 aromatic heterocycles. The zero-order valence-electron chi connectivity index (χ0n) is 14.1. The van der Waals surface area contributed by atoms with Crippen molar-refractivity contribution in [2.24, 2.45) is 0 Å². The van der Waals surface area contributed by atoms with Crippen molar-refractivity contribution in [3.63, 3.8) is 0 Å². The van der Waals surface area contributed by atoms with Crippen LogP contribution in [0.4, 0.5) is 0 Å². The van der Waals surface area contributed by atoms with Crippen molar-refractivity contribution >= 4 is 11.9 Å². The third-order valence-corrected chi connectivity index (χ3v) is 3.26. The summed E-state index contributed by atoms with van der Waals surface area (Å²) in [6, 6.07) is 0. The number of ether oxygens (including phenoxy) is 2. The van der Waals surface area contributed by atoms with E-state index in [1.54, 1.807) is 0 Å². The fourth-order valence-electron chi connectivity index (χ4n) is 1.91. The van der Waals surface area contributed by atoms with Gasteiger partial charge in [-0.1, -0.05) is 39.5 Å².